The summed E-state index contributed by atoms with van der Waals surface area (Å²) >= 11 is 10.9. The molecule has 0 radical (unpaired) electrons. The molecule has 2 nitrogen and oxygen atoms in total. The lowest BCUT2D eigenvalue weighted by molar-refractivity contribution is 0.608. The summed E-state index contributed by atoms with van der Waals surface area (Å²) in [5.74, 6) is 5.09. The largest absolute Gasteiger partial charge is 0.271 e. The quantitative estimate of drug-likeness (QED) is 0.660. The van der Waals surface area contributed by atoms with E-state index in [9.17, 15) is 4.39 Å². The van der Waals surface area contributed by atoms with Crippen LogP contribution in [0.1, 0.15) is 16.5 Å². The fourth-order valence-electron chi connectivity index (χ4n) is 1.56. The van der Waals surface area contributed by atoms with Gasteiger partial charge in [-0.3, -0.25) is 5.84 Å². The topological polar surface area (TPSA) is 38.0 Å². The summed E-state index contributed by atoms with van der Waals surface area (Å²) in [6, 6.07) is 6.28. The minimum atomic E-state index is -0.447. The standard InChI is InChI=1S/C11H9BrClFN2S/c12-7-4-5-17-11(7)10(16-15)6-2-1-3-8(14)9(6)13/h1-5,10,16H,15H2. The molecule has 1 aromatic heterocycles. The molecule has 0 bridgehead atoms. The van der Waals surface area contributed by atoms with Gasteiger partial charge in [-0.15, -0.1) is 11.3 Å². The van der Waals surface area contributed by atoms with Crippen LogP contribution >= 0.6 is 38.9 Å². The van der Waals surface area contributed by atoms with E-state index in [2.05, 4.69) is 21.4 Å². The van der Waals surface area contributed by atoms with Crippen molar-refractivity contribution in [2.45, 2.75) is 6.04 Å². The summed E-state index contributed by atoms with van der Waals surface area (Å²) in [5.41, 5.74) is 3.28. The van der Waals surface area contributed by atoms with Crippen molar-refractivity contribution in [3.8, 4) is 0 Å². The Bertz CT molecular complexity index is 532. The molecule has 1 aromatic carbocycles. The van der Waals surface area contributed by atoms with Gasteiger partial charge in [0.05, 0.1) is 11.1 Å². The van der Waals surface area contributed by atoms with Crippen molar-refractivity contribution >= 4 is 38.9 Å². The van der Waals surface area contributed by atoms with Crippen molar-refractivity contribution < 1.29 is 4.39 Å². The number of halogens is 3. The van der Waals surface area contributed by atoms with Crippen LogP contribution in [0.3, 0.4) is 0 Å². The first-order valence-electron chi connectivity index (χ1n) is 4.78. The molecular weight excluding hydrogens is 327 g/mol. The van der Waals surface area contributed by atoms with E-state index >= 15 is 0 Å². The summed E-state index contributed by atoms with van der Waals surface area (Å²) in [7, 11) is 0. The molecule has 17 heavy (non-hydrogen) atoms. The highest BCUT2D eigenvalue weighted by Crippen LogP contribution is 2.36. The number of nitrogens with two attached hydrogens (primary N) is 1. The fourth-order valence-corrected chi connectivity index (χ4v) is 3.48. The van der Waals surface area contributed by atoms with Crippen molar-refractivity contribution in [1.82, 2.24) is 5.43 Å². The molecule has 0 aliphatic heterocycles. The summed E-state index contributed by atoms with van der Waals surface area (Å²) in [5, 5.41) is 2.02. The number of thiophene rings is 1. The number of benzene rings is 1. The van der Waals surface area contributed by atoms with E-state index in [4.69, 9.17) is 17.4 Å². The van der Waals surface area contributed by atoms with Crippen LogP contribution in [0.5, 0.6) is 0 Å². The number of rotatable bonds is 3. The molecular formula is C11H9BrClFN2S. The number of hydrazine groups is 1. The molecule has 0 saturated carbocycles. The van der Waals surface area contributed by atoms with Crippen molar-refractivity contribution in [2.24, 2.45) is 5.84 Å². The zero-order valence-electron chi connectivity index (χ0n) is 8.58. The number of nitrogens with one attached hydrogen (secondary N) is 1. The van der Waals surface area contributed by atoms with Gasteiger partial charge in [-0.1, -0.05) is 23.7 Å². The zero-order chi connectivity index (χ0) is 12.4. The van der Waals surface area contributed by atoms with Crippen LogP contribution in [0.25, 0.3) is 0 Å². The van der Waals surface area contributed by atoms with Gasteiger partial charge in [-0.05, 0) is 39.0 Å². The molecule has 0 amide bonds. The molecule has 0 fully saturated rings. The minimum absolute atomic E-state index is 0.0933. The third kappa shape index (κ3) is 2.53. The Morgan fingerprint density at radius 2 is 2.18 bits per heavy atom. The number of hydrogen-bond acceptors (Lipinski definition) is 3. The van der Waals surface area contributed by atoms with Gasteiger partial charge >= 0.3 is 0 Å². The van der Waals surface area contributed by atoms with E-state index in [1.165, 1.54) is 17.4 Å². The minimum Gasteiger partial charge on any atom is -0.271 e. The van der Waals surface area contributed by atoms with E-state index in [0.29, 0.717) is 5.56 Å². The van der Waals surface area contributed by atoms with Crippen molar-refractivity contribution in [3.63, 3.8) is 0 Å². The average molecular weight is 336 g/mol. The molecule has 0 aliphatic carbocycles. The molecule has 0 spiro atoms. The predicted octanol–water partition coefficient (Wildman–Crippen LogP) is 3.86. The Morgan fingerprint density at radius 3 is 2.76 bits per heavy atom. The van der Waals surface area contributed by atoms with E-state index in [0.717, 1.165) is 9.35 Å². The third-order valence-corrected chi connectivity index (χ3v) is 4.70. The summed E-state index contributed by atoms with van der Waals surface area (Å²) < 4.78 is 14.3. The lowest BCUT2D eigenvalue weighted by Crippen LogP contribution is -2.28. The molecule has 2 aromatic rings. The van der Waals surface area contributed by atoms with Gasteiger partial charge < -0.3 is 0 Å². The van der Waals surface area contributed by atoms with Gasteiger partial charge in [0, 0.05) is 9.35 Å². The highest BCUT2D eigenvalue weighted by Gasteiger charge is 2.20. The maximum Gasteiger partial charge on any atom is 0.142 e. The lowest BCUT2D eigenvalue weighted by Gasteiger charge is -2.17. The maximum absolute atomic E-state index is 13.4. The van der Waals surface area contributed by atoms with Gasteiger partial charge in [-0.25, -0.2) is 9.82 Å². The molecule has 2 rings (SSSR count). The lowest BCUT2D eigenvalue weighted by atomic mass is 10.1. The van der Waals surface area contributed by atoms with Crippen LogP contribution in [0.15, 0.2) is 34.1 Å². The maximum atomic E-state index is 13.4. The molecule has 90 valence electrons. The Labute approximate surface area is 116 Å². The first-order chi connectivity index (χ1) is 8.15. The first kappa shape index (κ1) is 13.0. The van der Waals surface area contributed by atoms with Crippen molar-refractivity contribution in [1.29, 1.82) is 0 Å². The van der Waals surface area contributed by atoms with E-state index in [1.54, 1.807) is 12.1 Å². The van der Waals surface area contributed by atoms with Crippen LogP contribution in [0, 0.1) is 5.82 Å². The summed E-state index contributed by atoms with van der Waals surface area (Å²) in [4.78, 5) is 0.958. The molecule has 0 saturated heterocycles. The van der Waals surface area contributed by atoms with Gasteiger partial charge in [0.15, 0.2) is 0 Å². The van der Waals surface area contributed by atoms with E-state index in [1.807, 2.05) is 11.4 Å². The van der Waals surface area contributed by atoms with Crippen LogP contribution in [-0.4, -0.2) is 0 Å². The Morgan fingerprint density at radius 1 is 1.41 bits per heavy atom. The van der Waals surface area contributed by atoms with Crippen LogP contribution in [-0.2, 0) is 0 Å². The van der Waals surface area contributed by atoms with Crippen LogP contribution < -0.4 is 11.3 Å². The smallest absolute Gasteiger partial charge is 0.142 e. The summed E-state index contributed by atoms with van der Waals surface area (Å²) in [6.07, 6.45) is 0. The van der Waals surface area contributed by atoms with Crippen molar-refractivity contribution in [2.75, 3.05) is 0 Å². The van der Waals surface area contributed by atoms with Gasteiger partial charge in [0.1, 0.15) is 5.82 Å². The molecule has 1 heterocycles. The Kier molecular flexibility index (Phi) is 4.17. The van der Waals surface area contributed by atoms with Crippen LogP contribution in [0.4, 0.5) is 4.39 Å². The SMILES string of the molecule is NNC(c1cccc(F)c1Cl)c1sccc1Br. The Balaban J connectivity index is 2.50. The molecule has 1 unspecified atom stereocenters. The first-order valence-corrected chi connectivity index (χ1v) is 6.83. The zero-order valence-corrected chi connectivity index (χ0v) is 11.7. The molecule has 0 aliphatic rings. The number of hydrogen-bond donors (Lipinski definition) is 2. The monoisotopic (exact) mass is 334 g/mol. The fraction of sp³-hybridized carbons (Fsp3) is 0.0909. The highest BCUT2D eigenvalue weighted by molar-refractivity contribution is 9.10. The van der Waals surface area contributed by atoms with E-state index < -0.39 is 5.82 Å². The second kappa shape index (κ2) is 5.46. The van der Waals surface area contributed by atoms with E-state index in [-0.39, 0.29) is 11.1 Å². The average Bonchev–Trinajstić information content (AvgIpc) is 2.72. The highest BCUT2D eigenvalue weighted by atomic mass is 79.9. The molecule has 1 atom stereocenters. The van der Waals surface area contributed by atoms with Gasteiger partial charge in [0.25, 0.3) is 0 Å². The van der Waals surface area contributed by atoms with Gasteiger partial charge in [0.2, 0.25) is 0 Å². The van der Waals surface area contributed by atoms with Crippen LogP contribution in [0.2, 0.25) is 5.02 Å². The predicted molar refractivity (Wildman–Crippen MR) is 72.6 cm³/mol. The molecule has 3 N–H and O–H groups in total. The Hall–Kier alpha value is -0.460. The second-order valence-corrected chi connectivity index (χ2v) is 5.56. The second-order valence-electron chi connectivity index (χ2n) is 3.38. The molecule has 6 heteroatoms. The van der Waals surface area contributed by atoms with Gasteiger partial charge in [-0.2, -0.15) is 0 Å². The van der Waals surface area contributed by atoms with Crippen molar-refractivity contribution in [3.05, 3.63) is 55.4 Å². The summed E-state index contributed by atoms with van der Waals surface area (Å²) in [6.45, 7) is 0. The normalized spacial score (nSPS) is 12.7. The third-order valence-electron chi connectivity index (χ3n) is 2.37.